The molecule has 0 unspecified atom stereocenters. The van der Waals surface area contributed by atoms with E-state index in [1.165, 1.54) is 6.92 Å². The van der Waals surface area contributed by atoms with E-state index in [4.69, 9.17) is 19.9 Å². The van der Waals surface area contributed by atoms with Gasteiger partial charge in [0.05, 0.1) is 19.6 Å². The molecule has 140 valence electrons. The highest BCUT2D eigenvalue weighted by Gasteiger charge is 2.20. The molecule has 1 aliphatic rings. The predicted octanol–water partition coefficient (Wildman–Crippen LogP) is 0.937. The SMILES string of the molecule is C[C@H](OC(=O)CCC(=O)c1ccc2c(c1)OCCCO2)C(=O)NC(N)=O. The van der Waals surface area contributed by atoms with Gasteiger partial charge in [-0.05, 0) is 25.1 Å². The third-order valence-electron chi connectivity index (χ3n) is 3.55. The van der Waals surface area contributed by atoms with Crippen molar-refractivity contribution in [2.45, 2.75) is 32.3 Å². The Bertz CT molecular complexity index is 717. The number of carbonyl (C=O) groups is 4. The Morgan fingerprint density at radius 3 is 2.54 bits per heavy atom. The lowest BCUT2D eigenvalue weighted by Crippen LogP contribution is -2.42. The van der Waals surface area contributed by atoms with Crippen molar-refractivity contribution >= 4 is 23.7 Å². The van der Waals surface area contributed by atoms with Gasteiger partial charge >= 0.3 is 12.0 Å². The van der Waals surface area contributed by atoms with E-state index < -0.39 is 24.0 Å². The minimum Gasteiger partial charge on any atom is -0.490 e. The smallest absolute Gasteiger partial charge is 0.318 e. The molecule has 3 amide bonds. The molecule has 0 aromatic heterocycles. The van der Waals surface area contributed by atoms with Gasteiger partial charge in [-0.3, -0.25) is 19.7 Å². The lowest BCUT2D eigenvalue weighted by Gasteiger charge is -2.12. The van der Waals surface area contributed by atoms with Gasteiger partial charge in [-0.2, -0.15) is 0 Å². The van der Waals surface area contributed by atoms with Crippen LogP contribution in [0.3, 0.4) is 0 Å². The maximum atomic E-state index is 12.2. The molecule has 1 heterocycles. The molecular weight excluding hydrogens is 344 g/mol. The number of rotatable bonds is 6. The molecule has 0 fully saturated rings. The number of ketones is 1. The van der Waals surface area contributed by atoms with Crippen molar-refractivity contribution in [1.29, 1.82) is 0 Å². The number of carbonyl (C=O) groups excluding carboxylic acids is 4. The molecule has 0 bridgehead atoms. The molecule has 0 radical (unpaired) electrons. The van der Waals surface area contributed by atoms with E-state index in [0.717, 1.165) is 6.42 Å². The number of benzene rings is 1. The lowest BCUT2D eigenvalue weighted by atomic mass is 10.1. The van der Waals surface area contributed by atoms with Crippen LogP contribution in [-0.4, -0.2) is 43.0 Å². The maximum Gasteiger partial charge on any atom is 0.318 e. The summed E-state index contributed by atoms with van der Waals surface area (Å²) in [5.41, 5.74) is 5.20. The summed E-state index contributed by atoms with van der Waals surface area (Å²) >= 11 is 0. The molecule has 9 nitrogen and oxygen atoms in total. The second kappa shape index (κ2) is 8.84. The van der Waals surface area contributed by atoms with Crippen molar-refractivity contribution in [2.24, 2.45) is 5.73 Å². The molecule has 1 aromatic carbocycles. The molecule has 0 aliphatic carbocycles. The Kier molecular flexibility index (Phi) is 6.54. The average Bonchev–Trinajstić information content (AvgIpc) is 2.83. The Hall–Kier alpha value is -3.10. The quantitative estimate of drug-likeness (QED) is 0.566. The van der Waals surface area contributed by atoms with Gasteiger partial charge in [0.2, 0.25) is 0 Å². The van der Waals surface area contributed by atoms with Gasteiger partial charge < -0.3 is 19.9 Å². The molecule has 26 heavy (non-hydrogen) atoms. The first kappa shape index (κ1) is 19.2. The van der Waals surface area contributed by atoms with Gasteiger partial charge in [-0.25, -0.2) is 4.79 Å². The Morgan fingerprint density at radius 1 is 1.15 bits per heavy atom. The summed E-state index contributed by atoms with van der Waals surface area (Å²) in [6.07, 6.45) is -0.738. The fraction of sp³-hybridized carbons (Fsp3) is 0.412. The second-order valence-electron chi connectivity index (χ2n) is 5.62. The minimum absolute atomic E-state index is 0.0946. The fourth-order valence-electron chi connectivity index (χ4n) is 2.23. The van der Waals surface area contributed by atoms with Crippen LogP contribution in [0, 0.1) is 0 Å². The molecular formula is C17H20N2O7. The highest BCUT2D eigenvalue weighted by Crippen LogP contribution is 2.30. The zero-order valence-electron chi connectivity index (χ0n) is 14.3. The van der Waals surface area contributed by atoms with Gasteiger partial charge in [0.1, 0.15) is 0 Å². The van der Waals surface area contributed by atoms with E-state index in [9.17, 15) is 19.2 Å². The molecule has 0 spiro atoms. The summed E-state index contributed by atoms with van der Waals surface area (Å²) in [6.45, 7) is 2.34. The van der Waals surface area contributed by atoms with Crippen LogP contribution in [-0.2, 0) is 14.3 Å². The topological polar surface area (TPSA) is 134 Å². The van der Waals surface area contributed by atoms with E-state index in [0.29, 0.717) is 30.3 Å². The van der Waals surface area contributed by atoms with Gasteiger partial charge in [0.15, 0.2) is 23.4 Å². The number of nitrogens with two attached hydrogens (primary N) is 1. The lowest BCUT2D eigenvalue weighted by molar-refractivity contribution is -0.154. The van der Waals surface area contributed by atoms with Crippen LogP contribution < -0.4 is 20.5 Å². The number of ether oxygens (including phenoxy) is 3. The van der Waals surface area contributed by atoms with Crippen LogP contribution in [0.25, 0.3) is 0 Å². The highest BCUT2D eigenvalue weighted by atomic mass is 16.5. The van der Waals surface area contributed by atoms with Crippen molar-refractivity contribution in [2.75, 3.05) is 13.2 Å². The number of Topliss-reactive ketones (excluding diaryl/α,β-unsaturated/α-hetero) is 1. The van der Waals surface area contributed by atoms with Crippen LogP contribution in [0.1, 0.15) is 36.5 Å². The third kappa shape index (κ3) is 5.47. The Balaban J connectivity index is 1.86. The average molecular weight is 364 g/mol. The molecule has 1 aromatic rings. The normalized spacial score (nSPS) is 13.9. The second-order valence-corrected chi connectivity index (χ2v) is 5.62. The highest BCUT2D eigenvalue weighted by molar-refractivity contribution is 5.99. The van der Waals surface area contributed by atoms with Crippen molar-refractivity contribution in [3.8, 4) is 11.5 Å². The summed E-state index contributed by atoms with van der Waals surface area (Å²) in [7, 11) is 0. The number of primary amides is 1. The zero-order chi connectivity index (χ0) is 19.1. The van der Waals surface area contributed by atoms with Gasteiger partial charge in [0.25, 0.3) is 5.91 Å². The first-order valence-electron chi connectivity index (χ1n) is 8.09. The number of urea groups is 1. The number of hydrogen-bond donors (Lipinski definition) is 2. The van der Waals surface area contributed by atoms with E-state index in [1.54, 1.807) is 23.5 Å². The van der Waals surface area contributed by atoms with Gasteiger partial charge in [-0.1, -0.05) is 0 Å². The molecule has 1 atom stereocenters. The van der Waals surface area contributed by atoms with E-state index in [2.05, 4.69) is 0 Å². The van der Waals surface area contributed by atoms with Crippen molar-refractivity contribution in [3.05, 3.63) is 23.8 Å². The first-order chi connectivity index (χ1) is 12.4. The van der Waals surface area contributed by atoms with Gasteiger partial charge in [-0.15, -0.1) is 0 Å². The summed E-state index contributed by atoms with van der Waals surface area (Å²) in [5, 5.41) is 1.80. The van der Waals surface area contributed by atoms with Crippen LogP contribution in [0.2, 0.25) is 0 Å². The minimum atomic E-state index is -1.19. The number of amides is 3. The number of hydrogen-bond acceptors (Lipinski definition) is 7. The van der Waals surface area contributed by atoms with E-state index in [-0.39, 0.29) is 18.6 Å². The van der Waals surface area contributed by atoms with Crippen LogP contribution in [0.15, 0.2) is 18.2 Å². The summed E-state index contributed by atoms with van der Waals surface area (Å²) in [4.78, 5) is 46.0. The number of esters is 1. The number of imide groups is 1. The molecule has 9 heteroatoms. The monoisotopic (exact) mass is 364 g/mol. The first-order valence-corrected chi connectivity index (χ1v) is 8.09. The third-order valence-corrected chi connectivity index (χ3v) is 3.55. The molecule has 0 saturated carbocycles. The fourth-order valence-corrected chi connectivity index (χ4v) is 2.23. The predicted molar refractivity (Wildman–Crippen MR) is 88.9 cm³/mol. The van der Waals surface area contributed by atoms with Crippen molar-refractivity contribution in [1.82, 2.24) is 5.32 Å². The van der Waals surface area contributed by atoms with Crippen LogP contribution >= 0.6 is 0 Å². The van der Waals surface area contributed by atoms with Crippen molar-refractivity contribution in [3.63, 3.8) is 0 Å². The standard InChI is InChI=1S/C17H20N2O7/c1-10(16(22)19-17(18)23)26-15(21)6-4-12(20)11-3-5-13-14(9-11)25-8-2-7-24-13/h3,5,9-10H,2,4,6-8H2,1H3,(H3,18,19,22,23)/t10-/m0/s1. The Labute approximate surface area is 149 Å². The van der Waals surface area contributed by atoms with Crippen LogP contribution in [0.5, 0.6) is 11.5 Å². The largest absolute Gasteiger partial charge is 0.490 e. The molecule has 0 saturated heterocycles. The van der Waals surface area contributed by atoms with Crippen molar-refractivity contribution < 1.29 is 33.4 Å². The van der Waals surface area contributed by atoms with Crippen LogP contribution in [0.4, 0.5) is 4.79 Å². The van der Waals surface area contributed by atoms with E-state index in [1.807, 2.05) is 0 Å². The number of fused-ring (bicyclic) bond motifs is 1. The van der Waals surface area contributed by atoms with E-state index >= 15 is 0 Å². The summed E-state index contributed by atoms with van der Waals surface area (Å²) in [5.74, 6) is -0.771. The maximum absolute atomic E-state index is 12.2. The Morgan fingerprint density at radius 2 is 1.85 bits per heavy atom. The summed E-state index contributed by atoms with van der Waals surface area (Å²) < 4.78 is 15.9. The number of nitrogens with one attached hydrogen (secondary N) is 1. The van der Waals surface area contributed by atoms with Gasteiger partial charge in [0, 0.05) is 18.4 Å². The molecule has 3 N–H and O–H groups in total. The summed E-state index contributed by atoms with van der Waals surface area (Å²) in [6, 6.07) is 3.80. The molecule has 2 rings (SSSR count). The molecule has 1 aliphatic heterocycles. The zero-order valence-corrected chi connectivity index (χ0v) is 14.3.